The number of nitrogens with zero attached hydrogens (tertiary/aromatic N) is 1. The molecule has 0 fully saturated rings. The van der Waals surface area contributed by atoms with Crippen LogP contribution in [0.3, 0.4) is 0 Å². The van der Waals surface area contributed by atoms with Crippen molar-refractivity contribution in [2.45, 2.75) is 6.42 Å². The molecule has 0 bridgehead atoms. The zero-order valence-corrected chi connectivity index (χ0v) is 17.3. The Morgan fingerprint density at radius 2 is 1.63 bits per heavy atom. The molecule has 1 aromatic heterocycles. The lowest BCUT2D eigenvalue weighted by molar-refractivity contribution is -0.139. The number of carbonyl (C=O) groups excluding carboxylic acids is 2. The Balaban J connectivity index is 1.54. The third-order valence-electron chi connectivity index (χ3n) is 3.89. The van der Waals surface area contributed by atoms with E-state index in [9.17, 15) is 9.59 Å². The first-order chi connectivity index (χ1) is 14.4. The number of pyridine rings is 1. The molecule has 30 heavy (non-hydrogen) atoms. The molecule has 3 aromatic rings. The number of rotatable bonds is 6. The average molecular weight is 446 g/mol. The quantitative estimate of drug-likeness (QED) is 0.486. The van der Waals surface area contributed by atoms with Crippen LogP contribution >= 0.6 is 23.2 Å². The van der Waals surface area contributed by atoms with Crippen molar-refractivity contribution in [3.05, 3.63) is 76.4 Å². The van der Waals surface area contributed by atoms with Gasteiger partial charge in [-0.3, -0.25) is 4.79 Å². The second-order valence-electron chi connectivity index (χ2n) is 6.09. The fourth-order valence-corrected chi connectivity index (χ4v) is 2.71. The number of halogens is 2. The van der Waals surface area contributed by atoms with E-state index < -0.39 is 6.03 Å². The number of amides is 2. The first kappa shape index (κ1) is 21.4. The molecule has 154 valence electrons. The summed E-state index contributed by atoms with van der Waals surface area (Å²) in [5.74, 6) is 0.608. The van der Waals surface area contributed by atoms with E-state index in [1.165, 1.54) is 13.3 Å². The van der Waals surface area contributed by atoms with Crippen molar-refractivity contribution >= 4 is 46.6 Å². The number of anilines is 2. The van der Waals surface area contributed by atoms with Crippen LogP contribution in [-0.4, -0.2) is 24.1 Å². The molecule has 0 aliphatic carbocycles. The molecule has 2 aromatic carbocycles. The second kappa shape index (κ2) is 9.96. The predicted octanol–water partition coefficient (Wildman–Crippen LogP) is 5.54. The molecular weight excluding hydrogens is 429 g/mol. The van der Waals surface area contributed by atoms with Crippen molar-refractivity contribution < 1.29 is 19.1 Å². The highest BCUT2D eigenvalue weighted by Crippen LogP contribution is 2.25. The standard InChI is InChI=1S/C21H17Cl2N3O4/c1-29-20(27)10-13-2-6-16(7-3-13)30-19-9-5-15(12-24-19)26-21(28)25-14-4-8-17(22)18(23)11-14/h2-9,11-12H,10H2,1H3,(H2,25,26,28). The molecule has 0 radical (unpaired) electrons. The van der Waals surface area contributed by atoms with Gasteiger partial charge in [0.05, 0.1) is 35.5 Å². The Morgan fingerprint density at radius 3 is 2.27 bits per heavy atom. The third kappa shape index (κ3) is 6.10. The van der Waals surface area contributed by atoms with Crippen molar-refractivity contribution in [3.8, 4) is 11.6 Å². The van der Waals surface area contributed by atoms with Crippen molar-refractivity contribution in [1.29, 1.82) is 0 Å². The molecular formula is C21H17Cl2N3O4. The van der Waals surface area contributed by atoms with Crippen LogP contribution in [0, 0.1) is 0 Å². The van der Waals surface area contributed by atoms with Gasteiger partial charge in [-0.05, 0) is 42.0 Å². The van der Waals surface area contributed by atoms with E-state index in [0.717, 1.165) is 5.56 Å². The second-order valence-corrected chi connectivity index (χ2v) is 6.91. The molecule has 2 N–H and O–H groups in total. The Kier molecular flexibility index (Phi) is 7.11. The fraction of sp³-hybridized carbons (Fsp3) is 0.0952. The molecule has 3 rings (SSSR count). The number of urea groups is 1. The van der Waals surface area contributed by atoms with Gasteiger partial charge in [-0.1, -0.05) is 35.3 Å². The topological polar surface area (TPSA) is 89.5 Å². The van der Waals surface area contributed by atoms with Crippen molar-refractivity contribution in [2.75, 3.05) is 17.7 Å². The number of nitrogens with one attached hydrogen (secondary N) is 2. The number of hydrogen-bond donors (Lipinski definition) is 2. The first-order valence-electron chi connectivity index (χ1n) is 8.75. The normalized spacial score (nSPS) is 10.2. The van der Waals surface area contributed by atoms with Gasteiger partial charge in [0, 0.05) is 11.8 Å². The Hall–Kier alpha value is -3.29. The van der Waals surface area contributed by atoms with Gasteiger partial charge in [-0.2, -0.15) is 0 Å². The minimum atomic E-state index is -0.454. The molecule has 2 amide bonds. The Bertz CT molecular complexity index is 1040. The maximum atomic E-state index is 12.1. The summed E-state index contributed by atoms with van der Waals surface area (Å²) in [6.45, 7) is 0. The van der Waals surface area contributed by atoms with Gasteiger partial charge < -0.3 is 20.1 Å². The maximum absolute atomic E-state index is 12.1. The van der Waals surface area contributed by atoms with Crippen molar-refractivity contribution in [2.24, 2.45) is 0 Å². The van der Waals surface area contributed by atoms with Gasteiger partial charge >= 0.3 is 12.0 Å². The van der Waals surface area contributed by atoms with Crippen LogP contribution in [-0.2, 0) is 16.0 Å². The predicted molar refractivity (Wildman–Crippen MR) is 116 cm³/mol. The maximum Gasteiger partial charge on any atom is 0.323 e. The molecule has 0 spiro atoms. The lowest BCUT2D eigenvalue weighted by Gasteiger charge is -2.09. The summed E-state index contributed by atoms with van der Waals surface area (Å²) in [5.41, 5.74) is 1.80. The van der Waals surface area contributed by atoms with Gasteiger partial charge in [0.2, 0.25) is 5.88 Å². The molecule has 0 saturated heterocycles. The van der Waals surface area contributed by atoms with Crippen LogP contribution in [0.1, 0.15) is 5.56 Å². The van der Waals surface area contributed by atoms with E-state index in [1.54, 1.807) is 54.6 Å². The Labute approximate surface area is 182 Å². The van der Waals surface area contributed by atoms with E-state index in [0.29, 0.717) is 33.0 Å². The molecule has 0 saturated carbocycles. The molecule has 0 unspecified atom stereocenters. The smallest absolute Gasteiger partial charge is 0.323 e. The average Bonchev–Trinajstić information content (AvgIpc) is 2.73. The number of methoxy groups -OCH3 is 1. The van der Waals surface area contributed by atoms with E-state index in [1.807, 2.05) is 0 Å². The highest BCUT2D eigenvalue weighted by Gasteiger charge is 2.07. The monoisotopic (exact) mass is 445 g/mol. The fourth-order valence-electron chi connectivity index (χ4n) is 2.42. The van der Waals surface area contributed by atoms with E-state index >= 15 is 0 Å². The minimum absolute atomic E-state index is 0.194. The number of aromatic nitrogens is 1. The minimum Gasteiger partial charge on any atom is -0.469 e. The van der Waals surface area contributed by atoms with Gasteiger partial charge in [-0.25, -0.2) is 9.78 Å². The molecule has 1 heterocycles. The summed E-state index contributed by atoms with van der Waals surface area (Å²) >= 11 is 11.8. The molecule has 9 heteroatoms. The van der Waals surface area contributed by atoms with Crippen LogP contribution in [0.4, 0.5) is 16.2 Å². The van der Waals surface area contributed by atoms with E-state index in [-0.39, 0.29) is 12.4 Å². The van der Waals surface area contributed by atoms with Crippen LogP contribution in [0.25, 0.3) is 0 Å². The lowest BCUT2D eigenvalue weighted by atomic mass is 10.1. The number of carbonyl (C=O) groups is 2. The van der Waals surface area contributed by atoms with Crippen molar-refractivity contribution in [3.63, 3.8) is 0 Å². The zero-order valence-electron chi connectivity index (χ0n) is 15.8. The summed E-state index contributed by atoms with van der Waals surface area (Å²) in [7, 11) is 1.35. The largest absolute Gasteiger partial charge is 0.469 e. The number of ether oxygens (including phenoxy) is 2. The van der Waals surface area contributed by atoms with Crippen LogP contribution in [0.5, 0.6) is 11.6 Å². The lowest BCUT2D eigenvalue weighted by Crippen LogP contribution is -2.19. The molecule has 7 nitrogen and oxygen atoms in total. The molecule has 0 aliphatic rings. The van der Waals surface area contributed by atoms with Gasteiger partial charge in [0.25, 0.3) is 0 Å². The summed E-state index contributed by atoms with van der Waals surface area (Å²) in [6, 6.07) is 14.6. The number of benzene rings is 2. The van der Waals surface area contributed by atoms with E-state index in [4.69, 9.17) is 27.9 Å². The summed E-state index contributed by atoms with van der Waals surface area (Å²) in [6.07, 6.45) is 1.66. The summed E-state index contributed by atoms with van der Waals surface area (Å²) < 4.78 is 10.3. The van der Waals surface area contributed by atoms with Crippen LogP contribution in [0.15, 0.2) is 60.8 Å². The zero-order chi connectivity index (χ0) is 21.5. The highest BCUT2D eigenvalue weighted by atomic mass is 35.5. The van der Waals surface area contributed by atoms with Crippen molar-refractivity contribution in [1.82, 2.24) is 4.98 Å². The first-order valence-corrected chi connectivity index (χ1v) is 9.51. The number of hydrogen-bond acceptors (Lipinski definition) is 5. The highest BCUT2D eigenvalue weighted by molar-refractivity contribution is 6.42. The van der Waals surface area contributed by atoms with Crippen LogP contribution < -0.4 is 15.4 Å². The summed E-state index contributed by atoms with van der Waals surface area (Å²) in [4.78, 5) is 27.5. The van der Waals surface area contributed by atoms with Gasteiger partial charge in [0.15, 0.2) is 0 Å². The number of esters is 1. The summed E-state index contributed by atoms with van der Waals surface area (Å²) in [5, 5.41) is 6.06. The molecule has 0 aliphatic heterocycles. The van der Waals surface area contributed by atoms with Gasteiger partial charge in [0.1, 0.15) is 5.75 Å². The third-order valence-corrected chi connectivity index (χ3v) is 4.63. The van der Waals surface area contributed by atoms with Crippen LogP contribution in [0.2, 0.25) is 10.0 Å². The SMILES string of the molecule is COC(=O)Cc1ccc(Oc2ccc(NC(=O)Nc3ccc(Cl)c(Cl)c3)cn2)cc1. The van der Waals surface area contributed by atoms with Gasteiger partial charge in [-0.15, -0.1) is 0 Å². The van der Waals surface area contributed by atoms with E-state index in [2.05, 4.69) is 20.4 Å². The Morgan fingerprint density at radius 1 is 0.933 bits per heavy atom. The molecule has 0 atom stereocenters.